The predicted molar refractivity (Wildman–Crippen MR) is 149 cm³/mol. The molecule has 0 fully saturated rings. The highest BCUT2D eigenvalue weighted by atomic mass is 28.3. The minimum atomic E-state index is -2.53. The van der Waals surface area contributed by atoms with Crippen LogP contribution in [0.2, 0.25) is 0 Å². The van der Waals surface area contributed by atoms with E-state index in [9.17, 15) is 0 Å². The van der Waals surface area contributed by atoms with Gasteiger partial charge in [-0.1, -0.05) is 133 Å². The van der Waals surface area contributed by atoms with Crippen molar-refractivity contribution in [1.82, 2.24) is 0 Å². The summed E-state index contributed by atoms with van der Waals surface area (Å²) in [7, 11) is -2.53. The van der Waals surface area contributed by atoms with Gasteiger partial charge in [-0.05, 0) is 60.3 Å². The van der Waals surface area contributed by atoms with Crippen molar-refractivity contribution in [2.24, 2.45) is 0 Å². The summed E-state index contributed by atoms with van der Waals surface area (Å²) in [4.78, 5) is 0. The van der Waals surface area contributed by atoms with Gasteiger partial charge in [0.2, 0.25) is 0 Å². The van der Waals surface area contributed by atoms with Gasteiger partial charge >= 0.3 is 0 Å². The van der Waals surface area contributed by atoms with Crippen molar-refractivity contribution in [3.05, 3.63) is 133 Å². The molecule has 1 heteroatoms. The van der Waals surface area contributed by atoms with Crippen molar-refractivity contribution < 1.29 is 0 Å². The standard InChI is InChI=1S/C33H24Si/c1-23-15-20-27(21-16-23)34(26-10-3-2-4-11-26)31-14-8-7-13-29(31)30-22-19-25-18-17-24-9-5-6-12-28(24)32(25)33(30)34/h2-22H,1H3. The van der Waals surface area contributed by atoms with E-state index in [2.05, 4.69) is 134 Å². The van der Waals surface area contributed by atoms with Crippen molar-refractivity contribution >= 4 is 50.4 Å². The van der Waals surface area contributed by atoms with Gasteiger partial charge in [-0.3, -0.25) is 0 Å². The third kappa shape index (κ3) is 2.53. The summed E-state index contributed by atoms with van der Waals surface area (Å²) in [6.07, 6.45) is 0. The van der Waals surface area contributed by atoms with E-state index in [4.69, 9.17) is 0 Å². The SMILES string of the molecule is Cc1ccc([Si]2(c3ccccc3)c3ccccc3-c3ccc4ccc5ccccc5c4c32)cc1. The lowest BCUT2D eigenvalue weighted by Gasteiger charge is -2.32. The van der Waals surface area contributed by atoms with Crippen LogP contribution in [0.4, 0.5) is 0 Å². The molecule has 0 aromatic heterocycles. The van der Waals surface area contributed by atoms with Crippen LogP contribution in [0.5, 0.6) is 0 Å². The second-order valence-electron chi connectivity index (χ2n) is 9.40. The van der Waals surface area contributed by atoms with Crippen LogP contribution >= 0.6 is 0 Å². The molecule has 1 aliphatic rings. The molecule has 0 amide bonds. The molecule has 6 aromatic carbocycles. The van der Waals surface area contributed by atoms with Crippen LogP contribution in [0.15, 0.2) is 127 Å². The largest absolute Gasteiger partial charge is 0.181 e. The summed E-state index contributed by atoms with van der Waals surface area (Å²) in [5.74, 6) is 0. The van der Waals surface area contributed by atoms with Crippen LogP contribution in [-0.4, -0.2) is 8.07 Å². The lowest BCUT2D eigenvalue weighted by Crippen LogP contribution is -2.73. The third-order valence-electron chi connectivity index (χ3n) is 7.60. The fourth-order valence-electron chi connectivity index (χ4n) is 6.15. The Labute approximate surface area is 201 Å². The van der Waals surface area contributed by atoms with Crippen LogP contribution in [0, 0.1) is 6.92 Å². The molecule has 0 saturated carbocycles. The maximum absolute atomic E-state index is 2.53. The zero-order chi connectivity index (χ0) is 22.7. The Hall–Kier alpha value is -3.94. The van der Waals surface area contributed by atoms with Gasteiger partial charge in [-0.15, -0.1) is 0 Å². The van der Waals surface area contributed by atoms with Gasteiger partial charge in [-0.25, -0.2) is 0 Å². The molecule has 0 saturated heterocycles. The molecule has 0 spiro atoms. The maximum atomic E-state index is 2.39. The van der Waals surface area contributed by atoms with E-state index >= 15 is 0 Å². The molecule has 0 radical (unpaired) electrons. The molecule has 34 heavy (non-hydrogen) atoms. The lowest BCUT2D eigenvalue weighted by molar-refractivity contribution is 1.49. The molecule has 0 bridgehead atoms. The first kappa shape index (κ1) is 19.5. The van der Waals surface area contributed by atoms with E-state index in [0.29, 0.717) is 0 Å². The average Bonchev–Trinajstić information content (AvgIpc) is 3.21. The number of aryl methyl sites for hydroxylation is 1. The van der Waals surface area contributed by atoms with Gasteiger partial charge in [-0.2, -0.15) is 0 Å². The minimum absolute atomic E-state index is 1.30. The monoisotopic (exact) mass is 448 g/mol. The maximum Gasteiger partial charge on any atom is 0.181 e. The quantitative estimate of drug-likeness (QED) is 0.236. The summed E-state index contributed by atoms with van der Waals surface area (Å²) in [6, 6.07) is 47.9. The Morgan fingerprint density at radius 2 is 1.12 bits per heavy atom. The lowest BCUT2D eigenvalue weighted by atomic mass is 9.97. The third-order valence-corrected chi connectivity index (χ3v) is 12.5. The number of hydrogen-bond acceptors (Lipinski definition) is 0. The fraction of sp³-hybridized carbons (Fsp3) is 0.0303. The highest BCUT2D eigenvalue weighted by molar-refractivity contribution is 7.23. The van der Waals surface area contributed by atoms with E-state index in [1.165, 1.54) is 59.0 Å². The first-order valence-corrected chi connectivity index (χ1v) is 14.0. The van der Waals surface area contributed by atoms with E-state index < -0.39 is 8.07 Å². The number of benzene rings is 6. The number of hydrogen-bond donors (Lipinski definition) is 0. The van der Waals surface area contributed by atoms with Crippen LogP contribution in [0.1, 0.15) is 5.56 Å². The molecule has 6 aromatic rings. The Balaban J connectivity index is 1.77. The van der Waals surface area contributed by atoms with Gasteiger partial charge in [0.05, 0.1) is 0 Å². The topological polar surface area (TPSA) is 0 Å². The van der Waals surface area contributed by atoms with Crippen molar-refractivity contribution in [1.29, 1.82) is 0 Å². The van der Waals surface area contributed by atoms with Crippen LogP contribution in [0.25, 0.3) is 32.7 Å². The van der Waals surface area contributed by atoms with Crippen LogP contribution in [-0.2, 0) is 0 Å². The first-order chi connectivity index (χ1) is 16.8. The highest BCUT2D eigenvalue weighted by Crippen LogP contribution is 2.35. The van der Waals surface area contributed by atoms with Gasteiger partial charge in [0.1, 0.15) is 0 Å². The molecule has 0 aliphatic carbocycles. The van der Waals surface area contributed by atoms with Crippen LogP contribution in [0.3, 0.4) is 0 Å². The summed E-state index contributed by atoms with van der Waals surface area (Å²) in [6.45, 7) is 2.18. The van der Waals surface area contributed by atoms with Gasteiger partial charge in [0, 0.05) is 0 Å². The molecule has 0 nitrogen and oxygen atoms in total. The highest BCUT2D eigenvalue weighted by Gasteiger charge is 2.49. The Morgan fingerprint density at radius 1 is 0.471 bits per heavy atom. The molecule has 7 rings (SSSR count). The van der Waals surface area contributed by atoms with Crippen molar-refractivity contribution in [2.45, 2.75) is 6.92 Å². The number of fused-ring (bicyclic) bond motifs is 7. The Bertz CT molecular complexity index is 1700. The van der Waals surface area contributed by atoms with Gasteiger partial charge in [0.15, 0.2) is 8.07 Å². The van der Waals surface area contributed by atoms with Gasteiger partial charge < -0.3 is 0 Å². The van der Waals surface area contributed by atoms with E-state index in [1.54, 1.807) is 0 Å². The molecular formula is C33H24Si. The number of rotatable bonds is 2. The second-order valence-corrected chi connectivity index (χ2v) is 13.1. The van der Waals surface area contributed by atoms with Crippen LogP contribution < -0.4 is 20.7 Å². The van der Waals surface area contributed by atoms with Crippen molar-refractivity contribution in [2.75, 3.05) is 0 Å². The second kappa shape index (κ2) is 7.28. The van der Waals surface area contributed by atoms with E-state index in [0.717, 1.165) is 0 Å². The molecule has 1 atom stereocenters. The summed E-state index contributed by atoms with van der Waals surface area (Å²) < 4.78 is 0. The Kier molecular flexibility index (Phi) is 4.18. The normalized spacial score (nSPS) is 16.5. The van der Waals surface area contributed by atoms with Crippen molar-refractivity contribution in [3.8, 4) is 11.1 Å². The molecule has 160 valence electrons. The predicted octanol–water partition coefficient (Wildman–Crippen LogP) is 5.66. The summed E-state index contributed by atoms with van der Waals surface area (Å²) in [5.41, 5.74) is 4.09. The molecule has 0 N–H and O–H groups in total. The smallest absolute Gasteiger partial charge is 0.0623 e. The zero-order valence-corrected chi connectivity index (χ0v) is 20.1. The van der Waals surface area contributed by atoms with Crippen molar-refractivity contribution in [3.63, 3.8) is 0 Å². The summed E-state index contributed by atoms with van der Waals surface area (Å²) >= 11 is 0. The fourth-order valence-corrected chi connectivity index (χ4v) is 11.6. The zero-order valence-electron chi connectivity index (χ0n) is 19.1. The molecule has 1 aliphatic heterocycles. The summed E-state index contributed by atoms with van der Waals surface area (Å²) in [5, 5.41) is 11.3. The average molecular weight is 449 g/mol. The molecule has 1 heterocycles. The first-order valence-electron chi connectivity index (χ1n) is 12.0. The van der Waals surface area contributed by atoms with Gasteiger partial charge in [0.25, 0.3) is 0 Å². The van der Waals surface area contributed by atoms with E-state index in [-0.39, 0.29) is 0 Å². The van der Waals surface area contributed by atoms with E-state index in [1.807, 2.05) is 0 Å². The minimum Gasteiger partial charge on any atom is -0.0623 e. The Morgan fingerprint density at radius 3 is 1.97 bits per heavy atom. The molecule has 1 unspecified atom stereocenters. The molecular weight excluding hydrogens is 424 g/mol.